The number of nitrogens with zero attached hydrogens (tertiary/aromatic N) is 1. The molecule has 0 saturated heterocycles. The number of nitrogen functional groups attached to an aromatic ring is 1. The molecule has 0 aliphatic carbocycles. The minimum absolute atomic E-state index is 0.151. The number of ether oxygens (including phenoxy) is 2. The van der Waals surface area contributed by atoms with Crippen molar-refractivity contribution in [2.24, 2.45) is 0 Å². The highest BCUT2D eigenvalue weighted by Gasteiger charge is 2.08. The fourth-order valence-electron chi connectivity index (χ4n) is 2.32. The van der Waals surface area contributed by atoms with Crippen LogP contribution in [0.1, 0.15) is 10.4 Å². The Labute approximate surface area is 159 Å². The Balaban J connectivity index is 1.57. The zero-order chi connectivity index (χ0) is 19.2. The first-order valence-corrected chi connectivity index (χ1v) is 8.85. The number of carbonyl (C=O) groups excluding carboxylic acids is 2. The fraction of sp³-hybridized carbons (Fsp3) is 0.105. The van der Waals surface area contributed by atoms with Crippen LogP contribution in [0.3, 0.4) is 0 Å². The summed E-state index contributed by atoms with van der Waals surface area (Å²) in [5.41, 5.74) is 8.25. The van der Waals surface area contributed by atoms with E-state index in [1.54, 1.807) is 36.4 Å². The molecule has 0 saturated carbocycles. The fourth-order valence-corrected chi connectivity index (χ4v) is 2.89. The first-order valence-electron chi connectivity index (χ1n) is 7.97. The number of anilines is 2. The van der Waals surface area contributed by atoms with E-state index in [0.29, 0.717) is 22.1 Å². The lowest BCUT2D eigenvalue weighted by atomic mass is 10.2. The Bertz CT molecular complexity index is 954. The van der Waals surface area contributed by atoms with Gasteiger partial charge in [0, 0.05) is 16.6 Å². The van der Waals surface area contributed by atoms with Crippen LogP contribution in [0, 0.1) is 0 Å². The van der Waals surface area contributed by atoms with Gasteiger partial charge in [0.05, 0.1) is 18.4 Å². The van der Waals surface area contributed by atoms with Gasteiger partial charge < -0.3 is 20.5 Å². The van der Waals surface area contributed by atoms with E-state index in [1.807, 2.05) is 17.5 Å². The number of nitrogens with two attached hydrogens (primary N) is 1. The molecular weight excluding hydrogens is 366 g/mol. The predicted molar refractivity (Wildman–Crippen MR) is 104 cm³/mol. The number of nitrogens with one attached hydrogen (secondary N) is 1. The Kier molecular flexibility index (Phi) is 5.68. The van der Waals surface area contributed by atoms with Gasteiger partial charge in [0.1, 0.15) is 5.75 Å². The average molecular weight is 383 g/mol. The predicted octanol–water partition coefficient (Wildman–Crippen LogP) is 3.20. The summed E-state index contributed by atoms with van der Waals surface area (Å²) >= 11 is 1.36. The van der Waals surface area contributed by atoms with Gasteiger partial charge in [-0.05, 0) is 36.4 Å². The largest absolute Gasteiger partial charge is 0.484 e. The molecule has 0 bridgehead atoms. The van der Waals surface area contributed by atoms with Crippen molar-refractivity contribution < 1.29 is 19.1 Å². The van der Waals surface area contributed by atoms with Crippen LogP contribution in [0.25, 0.3) is 11.3 Å². The van der Waals surface area contributed by atoms with Gasteiger partial charge in [0.25, 0.3) is 5.91 Å². The lowest BCUT2D eigenvalue weighted by molar-refractivity contribution is -0.118. The lowest BCUT2D eigenvalue weighted by Gasteiger charge is -2.09. The molecule has 1 aromatic heterocycles. The van der Waals surface area contributed by atoms with E-state index in [1.165, 1.54) is 18.4 Å². The molecule has 27 heavy (non-hydrogen) atoms. The van der Waals surface area contributed by atoms with Crippen LogP contribution in [-0.4, -0.2) is 30.6 Å². The summed E-state index contributed by atoms with van der Waals surface area (Å²) < 4.78 is 10.2. The van der Waals surface area contributed by atoms with Crippen LogP contribution >= 0.6 is 11.3 Å². The summed E-state index contributed by atoms with van der Waals surface area (Å²) in [6.45, 7) is -0.151. The molecule has 0 unspecified atom stereocenters. The topological polar surface area (TPSA) is 104 Å². The number of esters is 1. The summed E-state index contributed by atoms with van der Waals surface area (Å²) in [7, 11) is 1.31. The molecule has 1 amide bonds. The molecule has 2 aromatic carbocycles. The van der Waals surface area contributed by atoms with Crippen molar-refractivity contribution in [2.45, 2.75) is 0 Å². The summed E-state index contributed by atoms with van der Waals surface area (Å²) in [5, 5.41) is 5.06. The Morgan fingerprint density at radius 3 is 2.63 bits per heavy atom. The first kappa shape index (κ1) is 18.4. The second-order valence-corrected chi connectivity index (χ2v) is 6.39. The molecule has 3 N–H and O–H groups in total. The molecule has 3 aromatic rings. The third-order valence-electron chi connectivity index (χ3n) is 3.61. The summed E-state index contributed by atoms with van der Waals surface area (Å²) in [5.74, 6) is -0.197. The van der Waals surface area contributed by atoms with Gasteiger partial charge in [0.15, 0.2) is 11.7 Å². The number of hydrogen-bond donors (Lipinski definition) is 2. The molecule has 0 atom stereocenters. The zero-order valence-corrected chi connectivity index (χ0v) is 15.3. The van der Waals surface area contributed by atoms with Crippen LogP contribution < -0.4 is 15.8 Å². The maximum Gasteiger partial charge on any atom is 0.337 e. The highest BCUT2D eigenvalue weighted by Crippen LogP contribution is 2.26. The molecule has 0 spiro atoms. The van der Waals surface area contributed by atoms with E-state index in [-0.39, 0.29) is 12.5 Å². The highest BCUT2D eigenvalue weighted by molar-refractivity contribution is 7.13. The van der Waals surface area contributed by atoms with E-state index in [9.17, 15) is 9.59 Å². The Hall–Kier alpha value is -3.39. The van der Waals surface area contributed by atoms with Crippen LogP contribution in [0.5, 0.6) is 5.75 Å². The second-order valence-electron chi connectivity index (χ2n) is 5.50. The molecule has 3 rings (SSSR count). The van der Waals surface area contributed by atoms with Gasteiger partial charge in [-0.15, -0.1) is 11.3 Å². The van der Waals surface area contributed by atoms with Crippen molar-refractivity contribution in [1.82, 2.24) is 4.98 Å². The summed E-state index contributed by atoms with van der Waals surface area (Å²) in [4.78, 5) is 27.7. The van der Waals surface area contributed by atoms with E-state index < -0.39 is 5.97 Å². The number of thiazole rings is 1. The van der Waals surface area contributed by atoms with E-state index in [0.717, 1.165) is 11.3 Å². The normalized spacial score (nSPS) is 10.3. The van der Waals surface area contributed by atoms with Crippen molar-refractivity contribution in [2.75, 3.05) is 24.8 Å². The zero-order valence-electron chi connectivity index (χ0n) is 14.5. The van der Waals surface area contributed by atoms with Crippen molar-refractivity contribution >= 4 is 34.0 Å². The molecule has 0 fully saturated rings. The first-order chi connectivity index (χ1) is 13.0. The third kappa shape index (κ3) is 4.83. The third-order valence-corrected chi connectivity index (χ3v) is 4.29. The standard InChI is InChI=1S/C19H17N3O4S/c1-25-18(24)12-5-7-14(8-6-12)21-17(23)10-26-15-4-2-3-13(9-15)16-11-27-19(20)22-16/h2-9,11H,10H2,1H3,(H2,20,22)(H,21,23). The number of carbonyl (C=O) groups is 2. The van der Waals surface area contributed by atoms with Crippen LogP contribution in [0.2, 0.25) is 0 Å². The van der Waals surface area contributed by atoms with Crippen LogP contribution in [0.4, 0.5) is 10.8 Å². The Morgan fingerprint density at radius 1 is 1.19 bits per heavy atom. The average Bonchev–Trinajstić information content (AvgIpc) is 3.13. The monoisotopic (exact) mass is 383 g/mol. The van der Waals surface area contributed by atoms with Gasteiger partial charge in [-0.2, -0.15) is 0 Å². The molecule has 0 aliphatic heterocycles. The lowest BCUT2D eigenvalue weighted by Crippen LogP contribution is -2.20. The molecular formula is C19H17N3O4S. The van der Waals surface area contributed by atoms with Crippen molar-refractivity contribution in [1.29, 1.82) is 0 Å². The smallest absolute Gasteiger partial charge is 0.337 e. The molecule has 138 valence electrons. The highest BCUT2D eigenvalue weighted by atomic mass is 32.1. The number of amides is 1. The van der Waals surface area contributed by atoms with Crippen molar-refractivity contribution in [3.63, 3.8) is 0 Å². The van der Waals surface area contributed by atoms with Gasteiger partial charge in [-0.3, -0.25) is 4.79 Å². The summed E-state index contributed by atoms with van der Waals surface area (Å²) in [6, 6.07) is 13.7. The van der Waals surface area contributed by atoms with Crippen molar-refractivity contribution in [3.05, 3.63) is 59.5 Å². The summed E-state index contributed by atoms with van der Waals surface area (Å²) in [6.07, 6.45) is 0. The van der Waals surface area contributed by atoms with Gasteiger partial charge in [0.2, 0.25) is 0 Å². The number of benzene rings is 2. The van der Waals surface area contributed by atoms with Gasteiger partial charge in [-0.1, -0.05) is 12.1 Å². The minimum Gasteiger partial charge on any atom is -0.484 e. The van der Waals surface area contributed by atoms with E-state index >= 15 is 0 Å². The van der Waals surface area contributed by atoms with Crippen LogP contribution in [0.15, 0.2) is 53.9 Å². The van der Waals surface area contributed by atoms with Crippen LogP contribution in [-0.2, 0) is 9.53 Å². The van der Waals surface area contributed by atoms with Crippen molar-refractivity contribution in [3.8, 4) is 17.0 Å². The Morgan fingerprint density at radius 2 is 1.96 bits per heavy atom. The van der Waals surface area contributed by atoms with Gasteiger partial charge >= 0.3 is 5.97 Å². The number of methoxy groups -OCH3 is 1. The van der Waals surface area contributed by atoms with E-state index in [4.69, 9.17) is 10.5 Å². The molecule has 0 radical (unpaired) electrons. The van der Waals surface area contributed by atoms with Gasteiger partial charge in [-0.25, -0.2) is 9.78 Å². The molecule has 7 nitrogen and oxygen atoms in total. The minimum atomic E-state index is -0.432. The molecule has 1 heterocycles. The molecule has 0 aliphatic rings. The number of aromatic nitrogens is 1. The SMILES string of the molecule is COC(=O)c1ccc(NC(=O)COc2cccc(-c3csc(N)n3)c2)cc1. The molecule has 8 heteroatoms. The number of rotatable bonds is 6. The maximum atomic E-state index is 12.1. The maximum absolute atomic E-state index is 12.1. The quantitative estimate of drug-likeness (QED) is 0.634. The van der Waals surface area contributed by atoms with E-state index in [2.05, 4.69) is 15.0 Å². The number of hydrogen-bond acceptors (Lipinski definition) is 7. The second kappa shape index (κ2) is 8.33.